The number of nitrogens with one attached hydrogen (secondary N) is 1. The van der Waals surface area contributed by atoms with Gasteiger partial charge in [-0.3, -0.25) is 4.79 Å². The number of sulfonamides is 1. The Morgan fingerprint density at radius 3 is 2.44 bits per heavy atom. The molecule has 174 valence electrons. The molecule has 32 heavy (non-hydrogen) atoms. The van der Waals surface area contributed by atoms with Crippen molar-refractivity contribution in [2.75, 3.05) is 39.2 Å². The summed E-state index contributed by atoms with van der Waals surface area (Å²) in [6, 6.07) is 6.18. The molecule has 1 aromatic carbocycles. The minimum absolute atomic E-state index is 0.0424. The second kappa shape index (κ2) is 9.74. The van der Waals surface area contributed by atoms with Gasteiger partial charge in [0.05, 0.1) is 24.1 Å². The first-order valence-electron chi connectivity index (χ1n) is 10.4. The van der Waals surface area contributed by atoms with Crippen molar-refractivity contribution in [2.45, 2.75) is 37.6 Å². The van der Waals surface area contributed by atoms with E-state index < -0.39 is 21.9 Å². The van der Waals surface area contributed by atoms with E-state index in [1.165, 1.54) is 39.4 Å². The zero-order valence-corrected chi connectivity index (χ0v) is 19.6. The quantitative estimate of drug-likeness (QED) is 0.629. The molecule has 9 nitrogen and oxygen atoms in total. The molecule has 1 aliphatic rings. The van der Waals surface area contributed by atoms with Gasteiger partial charge in [-0.2, -0.15) is 0 Å². The van der Waals surface area contributed by atoms with Crippen LogP contribution in [0.4, 0.5) is 5.69 Å². The number of ether oxygens (including phenoxy) is 1. The Kier molecular flexibility index (Phi) is 7.25. The Labute approximate surface area is 188 Å². The molecule has 1 fully saturated rings. The van der Waals surface area contributed by atoms with Gasteiger partial charge in [-0.1, -0.05) is 0 Å². The molecule has 1 amide bonds. The van der Waals surface area contributed by atoms with Gasteiger partial charge >= 0.3 is 5.97 Å². The van der Waals surface area contributed by atoms with Crippen LogP contribution in [0, 0.1) is 6.92 Å². The molecule has 0 unspecified atom stereocenters. The fraction of sp³-hybridized carbons (Fsp3) is 0.455. The van der Waals surface area contributed by atoms with E-state index in [0.717, 1.165) is 36.7 Å². The van der Waals surface area contributed by atoms with Gasteiger partial charge in [0.25, 0.3) is 5.91 Å². The lowest BCUT2D eigenvalue weighted by Gasteiger charge is -2.30. The second-order valence-electron chi connectivity index (χ2n) is 7.87. The zero-order chi connectivity index (χ0) is 23.5. The molecule has 0 saturated carbocycles. The van der Waals surface area contributed by atoms with Gasteiger partial charge in [-0.05, 0) is 50.5 Å². The van der Waals surface area contributed by atoms with Crippen molar-refractivity contribution in [3.8, 4) is 0 Å². The number of hydrogen-bond acceptors (Lipinski definition) is 7. The number of hydrogen-bond donors (Lipinski definition) is 1. The number of carbonyl (C=O) groups is 2. The van der Waals surface area contributed by atoms with E-state index in [1.807, 2.05) is 0 Å². The first kappa shape index (κ1) is 23.8. The Morgan fingerprint density at radius 2 is 1.81 bits per heavy atom. The number of rotatable bonds is 7. The molecular formula is C22H29N3O6S. The normalized spacial score (nSPS) is 14.5. The highest BCUT2D eigenvalue weighted by Crippen LogP contribution is 2.28. The molecule has 0 spiro atoms. The van der Waals surface area contributed by atoms with E-state index in [-0.39, 0.29) is 17.0 Å². The number of esters is 1. The number of amides is 1. The van der Waals surface area contributed by atoms with E-state index in [9.17, 15) is 18.0 Å². The summed E-state index contributed by atoms with van der Waals surface area (Å²) in [4.78, 5) is 27.1. The molecule has 0 bridgehead atoms. The van der Waals surface area contributed by atoms with Crippen LogP contribution in [0.5, 0.6) is 0 Å². The van der Waals surface area contributed by atoms with E-state index in [1.54, 1.807) is 13.0 Å². The predicted molar refractivity (Wildman–Crippen MR) is 119 cm³/mol. The van der Waals surface area contributed by atoms with E-state index >= 15 is 0 Å². The molecule has 1 N–H and O–H groups in total. The van der Waals surface area contributed by atoms with Crippen molar-refractivity contribution in [1.82, 2.24) is 9.62 Å². The van der Waals surface area contributed by atoms with Gasteiger partial charge in [-0.15, -0.1) is 0 Å². The standard InChI is InChI=1S/C22H29N3O6S/c1-15-18(22(27)30-4)12-16(31-15)14-23-21(26)19-13-17(32(28,29)24(2)3)8-9-20(19)25-10-6-5-7-11-25/h8-9,12-13H,5-7,10-11,14H2,1-4H3,(H,23,26). The fourth-order valence-electron chi connectivity index (χ4n) is 3.68. The molecule has 2 aromatic rings. The lowest BCUT2D eigenvalue weighted by molar-refractivity contribution is 0.0598. The highest BCUT2D eigenvalue weighted by Gasteiger charge is 2.24. The summed E-state index contributed by atoms with van der Waals surface area (Å²) in [5.74, 6) is -0.144. The molecule has 0 radical (unpaired) electrons. The van der Waals surface area contributed by atoms with Gasteiger partial charge in [0.1, 0.15) is 17.1 Å². The summed E-state index contributed by atoms with van der Waals surface area (Å²) in [5, 5.41) is 2.78. The number of benzene rings is 1. The number of methoxy groups -OCH3 is 1. The average molecular weight is 464 g/mol. The Balaban J connectivity index is 1.89. The smallest absolute Gasteiger partial charge is 0.341 e. The van der Waals surface area contributed by atoms with Crippen LogP contribution in [0.25, 0.3) is 0 Å². The summed E-state index contributed by atoms with van der Waals surface area (Å²) >= 11 is 0. The van der Waals surface area contributed by atoms with Crippen molar-refractivity contribution in [2.24, 2.45) is 0 Å². The average Bonchev–Trinajstić information content (AvgIpc) is 3.17. The maximum absolute atomic E-state index is 13.1. The molecular weight excluding hydrogens is 434 g/mol. The molecule has 2 heterocycles. The highest BCUT2D eigenvalue weighted by molar-refractivity contribution is 7.89. The summed E-state index contributed by atoms with van der Waals surface area (Å²) in [7, 11) is 0.488. The van der Waals surface area contributed by atoms with Crippen molar-refractivity contribution >= 4 is 27.6 Å². The predicted octanol–water partition coefficient (Wildman–Crippen LogP) is 2.55. The lowest BCUT2D eigenvalue weighted by Crippen LogP contribution is -2.33. The molecule has 1 saturated heterocycles. The van der Waals surface area contributed by atoms with Gasteiger partial charge in [0.15, 0.2) is 0 Å². The van der Waals surface area contributed by atoms with Gasteiger partial charge in [0.2, 0.25) is 10.0 Å². The number of furan rings is 1. The van der Waals surface area contributed by atoms with Crippen molar-refractivity contribution < 1.29 is 27.2 Å². The summed E-state index contributed by atoms with van der Waals surface area (Å²) in [6.07, 6.45) is 3.16. The largest absolute Gasteiger partial charge is 0.465 e. The summed E-state index contributed by atoms with van der Waals surface area (Å²) in [5.41, 5.74) is 1.28. The Bertz CT molecular complexity index is 1100. The first-order valence-corrected chi connectivity index (χ1v) is 11.9. The molecule has 1 aromatic heterocycles. The maximum atomic E-state index is 13.1. The van der Waals surface area contributed by atoms with Crippen LogP contribution in [0.2, 0.25) is 0 Å². The van der Waals surface area contributed by atoms with Crippen LogP contribution in [-0.4, -0.2) is 58.9 Å². The maximum Gasteiger partial charge on any atom is 0.341 e. The number of aryl methyl sites for hydroxylation is 1. The van der Waals surface area contributed by atoms with Crippen LogP contribution in [0.1, 0.15) is 51.5 Å². The van der Waals surface area contributed by atoms with Crippen molar-refractivity contribution in [3.63, 3.8) is 0 Å². The van der Waals surface area contributed by atoms with Gasteiger partial charge in [0, 0.05) is 32.9 Å². The number of carbonyl (C=O) groups excluding carboxylic acids is 2. The number of piperidine rings is 1. The monoisotopic (exact) mass is 463 g/mol. The van der Waals surface area contributed by atoms with Crippen molar-refractivity contribution in [3.05, 3.63) is 46.9 Å². The molecule has 10 heteroatoms. The number of anilines is 1. The molecule has 0 atom stereocenters. The van der Waals surface area contributed by atoms with Crippen LogP contribution in [0.15, 0.2) is 33.6 Å². The fourth-order valence-corrected chi connectivity index (χ4v) is 4.61. The third-order valence-corrected chi connectivity index (χ3v) is 7.30. The third-order valence-electron chi connectivity index (χ3n) is 5.49. The SMILES string of the molecule is COC(=O)c1cc(CNC(=O)c2cc(S(=O)(=O)N(C)C)ccc2N2CCCCC2)oc1C. The van der Waals surface area contributed by atoms with E-state index in [0.29, 0.717) is 22.8 Å². The van der Waals surface area contributed by atoms with E-state index in [4.69, 9.17) is 9.15 Å². The topological polar surface area (TPSA) is 109 Å². The lowest BCUT2D eigenvalue weighted by atomic mass is 10.1. The highest BCUT2D eigenvalue weighted by atomic mass is 32.2. The molecule has 0 aliphatic carbocycles. The minimum atomic E-state index is -3.70. The van der Waals surface area contributed by atoms with Crippen molar-refractivity contribution in [1.29, 1.82) is 0 Å². The first-order chi connectivity index (χ1) is 15.1. The van der Waals surface area contributed by atoms with Crippen LogP contribution in [-0.2, 0) is 21.3 Å². The van der Waals surface area contributed by atoms with Crippen LogP contribution in [0.3, 0.4) is 0 Å². The number of nitrogens with zero attached hydrogens (tertiary/aromatic N) is 2. The van der Waals surface area contributed by atoms with Gasteiger partial charge < -0.3 is 19.4 Å². The summed E-state index contributed by atoms with van der Waals surface area (Å²) < 4.78 is 36.6. The van der Waals surface area contributed by atoms with Crippen LogP contribution < -0.4 is 10.2 Å². The Morgan fingerprint density at radius 1 is 1.12 bits per heavy atom. The van der Waals surface area contributed by atoms with Crippen LogP contribution >= 0.6 is 0 Å². The zero-order valence-electron chi connectivity index (χ0n) is 18.8. The molecule has 3 rings (SSSR count). The van der Waals surface area contributed by atoms with E-state index in [2.05, 4.69) is 10.2 Å². The molecule has 1 aliphatic heterocycles. The van der Waals surface area contributed by atoms with Gasteiger partial charge in [-0.25, -0.2) is 17.5 Å². The summed E-state index contributed by atoms with van der Waals surface area (Å²) in [6.45, 7) is 3.29. The Hall–Kier alpha value is -2.85. The third kappa shape index (κ3) is 4.97. The second-order valence-corrected chi connectivity index (χ2v) is 10.0. The minimum Gasteiger partial charge on any atom is -0.465 e.